The topological polar surface area (TPSA) is 110 Å². The Morgan fingerprint density at radius 2 is 0.656 bits per heavy atom. The molecule has 0 bridgehead atoms. The first kappa shape index (κ1) is 62.5. The van der Waals surface area contributed by atoms with Crippen LogP contribution in [0.2, 0.25) is 0 Å². The lowest BCUT2D eigenvalue weighted by Gasteiger charge is -2.27. The second kappa shape index (κ2) is 52.5. The number of carbonyl (C=O) groups excluding carboxylic acids is 1. The molecule has 6 nitrogen and oxygen atoms in total. The van der Waals surface area contributed by atoms with Crippen molar-refractivity contribution >= 4 is 5.91 Å². The first-order valence-electron chi connectivity index (χ1n) is 28.4. The minimum absolute atomic E-state index is 0.362. The van der Waals surface area contributed by atoms with Crippen molar-refractivity contribution in [3.63, 3.8) is 0 Å². The molecule has 0 aliphatic carbocycles. The van der Waals surface area contributed by atoms with Crippen LogP contribution in [0.3, 0.4) is 0 Å². The van der Waals surface area contributed by atoms with E-state index in [-0.39, 0.29) is 0 Å². The summed E-state index contributed by atoms with van der Waals surface area (Å²) in [5.41, 5.74) is 0. The summed E-state index contributed by atoms with van der Waals surface area (Å²) in [7, 11) is 0. The zero-order chi connectivity index (χ0) is 46.7. The number of allylic oxidation sites excluding steroid dienone is 6. The Bertz CT molecular complexity index is 1010. The van der Waals surface area contributed by atoms with Crippen LogP contribution in [0.15, 0.2) is 36.5 Å². The molecule has 0 saturated carbocycles. The number of nitrogens with one attached hydrogen (secondary N) is 1. The van der Waals surface area contributed by atoms with Crippen LogP contribution >= 0.6 is 0 Å². The molecule has 4 atom stereocenters. The normalized spacial score (nSPS) is 14.0. The molecule has 6 heteroatoms. The number of unbranched alkanes of at least 4 members (excludes halogenated alkanes) is 37. The number of aliphatic hydroxyl groups excluding tert-OH is 4. The maximum absolute atomic E-state index is 12.6. The van der Waals surface area contributed by atoms with Crippen LogP contribution in [0.1, 0.15) is 296 Å². The molecule has 0 aromatic heterocycles. The highest BCUT2D eigenvalue weighted by Crippen LogP contribution is 2.17. The van der Waals surface area contributed by atoms with Gasteiger partial charge in [-0.1, -0.05) is 256 Å². The average Bonchev–Trinajstić information content (AvgIpc) is 3.30. The van der Waals surface area contributed by atoms with E-state index in [1.165, 1.54) is 225 Å². The summed E-state index contributed by atoms with van der Waals surface area (Å²) >= 11 is 0. The minimum Gasteiger partial charge on any atom is -0.394 e. The molecule has 0 aliphatic heterocycles. The minimum atomic E-state index is -1.29. The fraction of sp³-hybridized carbons (Fsp3) is 0.879. The summed E-state index contributed by atoms with van der Waals surface area (Å²) in [5.74, 6) is -0.594. The molecule has 0 spiro atoms. The first-order chi connectivity index (χ1) is 31.5. The summed E-state index contributed by atoms with van der Waals surface area (Å²) in [5, 5.41) is 43.9. The van der Waals surface area contributed by atoms with Gasteiger partial charge in [0.25, 0.3) is 0 Å². The number of hydrogen-bond acceptors (Lipinski definition) is 5. The Hall–Kier alpha value is -1.47. The Morgan fingerprint density at radius 3 is 0.984 bits per heavy atom. The number of hydrogen-bond donors (Lipinski definition) is 5. The summed E-state index contributed by atoms with van der Waals surface area (Å²) in [6.45, 7) is 4.05. The van der Waals surface area contributed by atoms with Crippen molar-refractivity contribution in [2.75, 3.05) is 6.61 Å². The van der Waals surface area contributed by atoms with Gasteiger partial charge in [-0.3, -0.25) is 4.79 Å². The van der Waals surface area contributed by atoms with Crippen molar-refractivity contribution in [1.82, 2.24) is 5.32 Å². The van der Waals surface area contributed by atoms with Gasteiger partial charge >= 0.3 is 0 Å². The lowest BCUT2D eigenvalue weighted by Crippen LogP contribution is -2.53. The number of amides is 1. The predicted molar refractivity (Wildman–Crippen MR) is 279 cm³/mol. The van der Waals surface area contributed by atoms with E-state index in [0.29, 0.717) is 19.3 Å². The fourth-order valence-electron chi connectivity index (χ4n) is 8.83. The fourth-order valence-corrected chi connectivity index (χ4v) is 8.83. The summed E-state index contributed by atoms with van der Waals surface area (Å²) in [6, 6.07) is -1.01. The summed E-state index contributed by atoms with van der Waals surface area (Å²) < 4.78 is 0. The van der Waals surface area contributed by atoms with Crippen LogP contribution in [0.4, 0.5) is 0 Å². The van der Waals surface area contributed by atoms with Crippen molar-refractivity contribution in [3.05, 3.63) is 36.5 Å². The molecular formula is C58H111NO5. The van der Waals surface area contributed by atoms with E-state index < -0.39 is 36.9 Å². The molecule has 378 valence electrons. The third-order valence-electron chi connectivity index (χ3n) is 13.3. The van der Waals surface area contributed by atoms with Gasteiger partial charge in [0.2, 0.25) is 5.91 Å². The highest BCUT2D eigenvalue weighted by Gasteiger charge is 2.28. The third kappa shape index (κ3) is 45.7. The standard InChI is InChI=1S/C58H111NO5/c1-3-5-7-9-11-13-15-17-19-21-22-23-24-25-26-27-28-29-30-31-32-33-34-35-36-38-40-42-44-46-48-50-52-56(62)58(64)59-54(53-60)57(63)55(61)51-49-47-45-43-41-39-37-20-18-16-14-12-10-8-6-4-2/h20,25-26,37,43,45,54-57,60-63H,3-19,21-24,27-36,38-42,44,46-53H2,1-2H3,(H,59,64)/b26-25-,37-20+,45-43+. The van der Waals surface area contributed by atoms with Gasteiger partial charge in [0, 0.05) is 0 Å². The smallest absolute Gasteiger partial charge is 0.249 e. The molecule has 4 unspecified atom stereocenters. The maximum Gasteiger partial charge on any atom is 0.249 e. The molecule has 0 heterocycles. The van der Waals surface area contributed by atoms with Gasteiger partial charge in [0.1, 0.15) is 12.2 Å². The van der Waals surface area contributed by atoms with E-state index in [2.05, 4.69) is 55.6 Å². The van der Waals surface area contributed by atoms with Crippen LogP contribution < -0.4 is 5.32 Å². The zero-order valence-corrected chi connectivity index (χ0v) is 42.8. The zero-order valence-electron chi connectivity index (χ0n) is 42.8. The molecule has 5 N–H and O–H groups in total. The van der Waals surface area contributed by atoms with Crippen LogP contribution in [0.5, 0.6) is 0 Å². The van der Waals surface area contributed by atoms with Gasteiger partial charge in [0.05, 0.1) is 18.8 Å². The van der Waals surface area contributed by atoms with E-state index in [1.54, 1.807) is 0 Å². The Morgan fingerprint density at radius 1 is 0.375 bits per heavy atom. The number of aliphatic hydroxyl groups is 4. The van der Waals surface area contributed by atoms with Gasteiger partial charge in [-0.15, -0.1) is 0 Å². The van der Waals surface area contributed by atoms with Crippen molar-refractivity contribution in [2.45, 2.75) is 321 Å². The van der Waals surface area contributed by atoms with Crippen LogP contribution in [-0.4, -0.2) is 57.3 Å². The highest BCUT2D eigenvalue weighted by molar-refractivity contribution is 5.80. The quantitative estimate of drug-likeness (QED) is 0.0309. The lowest BCUT2D eigenvalue weighted by atomic mass is 10.00. The Labute approximate surface area is 398 Å². The maximum atomic E-state index is 12.6. The van der Waals surface area contributed by atoms with Crippen molar-refractivity contribution < 1.29 is 25.2 Å². The van der Waals surface area contributed by atoms with Crippen molar-refractivity contribution in [3.8, 4) is 0 Å². The van der Waals surface area contributed by atoms with E-state index in [9.17, 15) is 25.2 Å². The largest absolute Gasteiger partial charge is 0.394 e. The lowest BCUT2D eigenvalue weighted by molar-refractivity contribution is -0.132. The van der Waals surface area contributed by atoms with E-state index in [0.717, 1.165) is 38.5 Å². The van der Waals surface area contributed by atoms with Gasteiger partial charge in [-0.25, -0.2) is 0 Å². The predicted octanol–water partition coefficient (Wildman–Crippen LogP) is 16.4. The molecule has 0 aliphatic rings. The van der Waals surface area contributed by atoms with E-state index in [1.807, 2.05) is 0 Å². The number of carbonyl (C=O) groups is 1. The second-order valence-corrected chi connectivity index (χ2v) is 19.6. The molecule has 64 heavy (non-hydrogen) atoms. The van der Waals surface area contributed by atoms with Gasteiger partial charge in [0.15, 0.2) is 0 Å². The Kier molecular flexibility index (Phi) is 51.3. The van der Waals surface area contributed by atoms with Crippen molar-refractivity contribution in [2.24, 2.45) is 0 Å². The van der Waals surface area contributed by atoms with Gasteiger partial charge in [-0.05, 0) is 77.0 Å². The summed E-state index contributed by atoms with van der Waals surface area (Å²) in [4.78, 5) is 12.6. The molecule has 0 aromatic carbocycles. The van der Waals surface area contributed by atoms with Crippen LogP contribution in [0.25, 0.3) is 0 Å². The molecule has 0 radical (unpaired) electrons. The summed E-state index contributed by atoms with van der Waals surface area (Å²) in [6.07, 6.45) is 65.1. The van der Waals surface area contributed by atoms with Crippen molar-refractivity contribution in [1.29, 1.82) is 0 Å². The van der Waals surface area contributed by atoms with Crippen LogP contribution in [0, 0.1) is 0 Å². The molecular weight excluding hydrogens is 791 g/mol. The molecule has 0 fully saturated rings. The number of rotatable bonds is 52. The molecule has 0 rings (SSSR count). The monoisotopic (exact) mass is 902 g/mol. The highest BCUT2D eigenvalue weighted by atomic mass is 16.3. The van der Waals surface area contributed by atoms with E-state index in [4.69, 9.17) is 0 Å². The van der Waals surface area contributed by atoms with Gasteiger partial charge in [-0.2, -0.15) is 0 Å². The Balaban J connectivity index is 3.60. The average molecular weight is 903 g/mol. The van der Waals surface area contributed by atoms with Crippen LogP contribution in [-0.2, 0) is 4.79 Å². The SMILES string of the molecule is CCCCCCCCC/C=C/CC/C=C/CCCC(O)C(O)C(CO)NC(=O)C(O)CCCCCCCCCCCCCCCCCC/C=C\CCCCCCCCCCCCCC. The van der Waals surface area contributed by atoms with E-state index >= 15 is 0 Å². The second-order valence-electron chi connectivity index (χ2n) is 19.6. The molecule has 0 aromatic rings. The molecule has 1 amide bonds. The third-order valence-corrected chi connectivity index (χ3v) is 13.3. The molecule has 0 saturated heterocycles. The van der Waals surface area contributed by atoms with Gasteiger partial charge < -0.3 is 25.7 Å². The first-order valence-corrected chi connectivity index (χ1v) is 28.4.